The average Bonchev–Trinajstić information content (AvgIpc) is 3.09. The van der Waals surface area contributed by atoms with E-state index in [0.29, 0.717) is 23.3 Å². The molecule has 0 spiro atoms. The lowest BCUT2D eigenvalue weighted by Crippen LogP contribution is -2.36. The van der Waals surface area contributed by atoms with Crippen LogP contribution in [0.15, 0.2) is 76.6 Å². The summed E-state index contributed by atoms with van der Waals surface area (Å²) < 4.78 is 28.9. The number of benzene rings is 2. The summed E-state index contributed by atoms with van der Waals surface area (Å²) in [6.45, 7) is 3.76. The number of H-pyrrole nitrogens is 1. The average molecular weight is 437 g/mol. The molecule has 2 aromatic heterocycles. The lowest BCUT2D eigenvalue weighted by atomic mass is 10.1. The number of aryl methyl sites for hydroxylation is 1. The molecule has 31 heavy (non-hydrogen) atoms. The maximum Gasteiger partial charge on any atom is 0.274 e. The summed E-state index contributed by atoms with van der Waals surface area (Å²) in [5, 5.41) is 2.77. The van der Waals surface area contributed by atoms with Crippen LogP contribution in [0.4, 0.5) is 0 Å². The second-order valence-electron chi connectivity index (χ2n) is 7.68. The van der Waals surface area contributed by atoms with Gasteiger partial charge in [-0.1, -0.05) is 48.0 Å². The number of aromatic amines is 1. The Bertz CT molecular complexity index is 1370. The van der Waals surface area contributed by atoms with E-state index in [0.717, 1.165) is 11.1 Å². The number of hydrogen-bond acceptors (Lipinski definition) is 4. The summed E-state index contributed by atoms with van der Waals surface area (Å²) in [4.78, 5) is 17.4. The lowest BCUT2D eigenvalue weighted by molar-refractivity contribution is 0.385. The minimum absolute atomic E-state index is 0.219. The Kier molecular flexibility index (Phi) is 5.51. The zero-order valence-corrected chi connectivity index (χ0v) is 18.4. The van der Waals surface area contributed by atoms with E-state index in [2.05, 4.69) is 10.1 Å². The van der Waals surface area contributed by atoms with Crippen molar-refractivity contribution in [1.82, 2.24) is 18.9 Å². The zero-order chi connectivity index (χ0) is 22.2. The molecule has 0 bridgehead atoms. The molecule has 0 aliphatic rings. The van der Waals surface area contributed by atoms with E-state index in [9.17, 15) is 13.2 Å². The van der Waals surface area contributed by atoms with Crippen molar-refractivity contribution in [2.75, 3.05) is 7.05 Å². The van der Waals surface area contributed by atoms with Gasteiger partial charge in [-0.15, -0.1) is 0 Å². The summed E-state index contributed by atoms with van der Waals surface area (Å²) in [5.41, 5.74) is 3.28. The Morgan fingerprint density at radius 3 is 2.42 bits per heavy atom. The maximum absolute atomic E-state index is 13.0. The van der Waals surface area contributed by atoms with Crippen LogP contribution in [0.5, 0.6) is 0 Å². The number of likely N-dealkylation sites (N-methyl/N-ethyl adjacent to an activating group) is 1. The number of aromatic nitrogens is 3. The Morgan fingerprint density at radius 1 is 1.06 bits per heavy atom. The fourth-order valence-corrected chi connectivity index (χ4v) is 4.88. The van der Waals surface area contributed by atoms with E-state index in [1.807, 2.05) is 44.2 Å². The molecule has 2 heterocycles. The van der Waals surface area contributed by atoms with Gasteiger partial charge in [-0.3, -0.25) is 9.89 Å². The molecule has 0 saturated carbocycles. The fraction of sp³-hybridized carbons (Fsp3) is 0.217. The molecule has 2 aromatic carbocycles. The Balaban J connectivity index is 1.64. The molecule has 160 valence electrons. The lowest BCUT2D eigenvalue weighted by Gasteiger charge is -2.24. The highest BCUT2D eigenvalue weighted by Crippen LogP contribution is 2.21. The Hall–Kier alpha value is -3.23. The highest BCUT2D eigenvalue weighted by molar-refractivity contribution is 7.89. The van der Waals surface area contributed by atoms with Crippen molar-refractivity contribution >= 4 is 15.7 Å². The zero-order valence-electron chi connectivity index (χ0n) is 17.6. The van der Waals surface area contributed by atoms with Gasteiger partial charge in [0.1, 0.15) is 0 Å². The van der Waals surface area contributed by atoms with Gasteiger partial charge in [0.15, 0.2) is 5.65 Å². The standard InChI is InChI=1S/C23H24N4O3S/c1-16-9-11-20(12-10-16)31(29,30)26(3)17(2)15-19-13-14-27-22(24-19)21(23(28)25-27)18-7-5-4-6-8-18/h4-14,17H,15H2,1-3H3,(H,25,28)/t17-/m0/s1. The van der Waals surface area contributed by atoms with E-state index < -0.39 is 10.0 Å². The third-order valence-electron chi connectivity index (χ3n) is 5.45. The van der Waals surface area contributed by atoms with Crippen LogP contribution in [0.3, 0.4) is 0 Å². The van der Waals surface area contributed by atoms with Crippen LogP contribution < -0.4 is 5.56 Å². The summed E-state index contributed by atoms with van der Waals surface area (Å²) in [6.07, 6.45) is 2.15. The molecule has 0 radical (unpaired) electrons. The molecule has 4 rings (SSSR count). The third kappa shape index (κ3) is 4.04. The Morgan fingerprint density at radius 2 is 1.74 bits per heavy atom. The molecule has 0 unspecified atom stereocenters. The highest BCUT2D eigenvalue weighted by Gasteiger charge is 2.26. The van der Waals surface area contributed by atoms with Gasteiger partial charge < -0.3 is 0 Å². The first kappa shape index (κ1) is 21.0. The fourth-order valence-electron chi connectivity index (χ4n) is 3.52. The van der Waals surface area contributed by atoms with Gasteiger partial charge in [0.05, 0.1) is 10.5 Å². The first-order chi connectivity index (χ1) is 14.8. The predicted octanol–water partition coefficient (Wildman–Crippen LogP) is 3.25. The van der Waals surface area contributed by atoms with Crippen molar-refractivity contribution in [2.45, 2.75) is 31.2 Å². The number of hydrogen-bond donors (Lipinski definition) is 1. The summed E-state index contributed by atoms with van der Waals surface area (Å²) in [5.74, 6) is 0. The quantitative estimate of drug-likeness (QED) is 0.503. The van der Waals surface area contributed by atoms with Gasteiger partial charge in [0, 0.05) is 31.4 Å². The number of fused-ring (bicyclic) bond motifs is 1. The van der Waals surface area contributed by atoms with Crippen molar-refractivity contribution in [3.8, 4) is 11.1 Å². The smallest absolute Gasteiger partial charge is 0.267 e. The molecule has 0 aliphatic carbocycles. The van der Waals surface area contributed by atoms with Gasteiger partial charge >= 0.3 is 0 Å². The topological polar surface area (TPSA) is 87.5 Å². The van der Waals surface area contributed by atoms with E-state index in [1.165, 1.54) is 4.31 Å². The number of nitrogens with one attached hydrogen (secondary N) is 1. The maximum atomic E-state index is 13.0. The molecule has 8 heteroatoms. The van der Waals surface area contributed by atoms with Gasteiger partial charge in [-0.05, 0) is 37.6 Å². The SMILES string of the molecule is Cc1ccc(S(=O)(=O)N(C)[C@@H](C)Cc2ccn3[nH]c(=O)c(-c4ccccc4)c3n2)cc1. The molecule has 0 saturated heterocycles. The predicted molar refractivity (Wildman–Crippen MR) is 121 cm³/mol. The molecule has 7 nitrogen and oxygen atoms in total. The number of sulfonamides is 1. The number of rotatable bonds is 6. The largest absolute Gasteiger partial charge is 0.274 e. The monoisotopic (exact) mass is 436 g/mol. The molecule has 0 fully saturated rings. The van der Waals surface area contributed by atoms with Gasteiger partial charge in [-0.25, -0.2) is 17.9 Å². The second kappa shape index (κ2) is 8.13. The summed E-state index contributed by atoms with van der Waals surface area (Å²) in [6, 6.07) is 17.6. The minimum atomic E-state index is -3.62. The van der Waals surface area contributed by atoms with E-state index in [-0.39, 0.29) is 16.5 Å². The molecule has 0 amide bonds. The van der Waals surface area contributed by atoms with Crippen molar-refractivity contribution < 1.29 is 8.42 Å². The van der Waals surface area contributed by atoms with Gasteiger partial charge in [0.2, 0.25) is 10.0 Å². The molecular weight excluding hydrogens is 412 g/mol. The van der Waals surface area contributed by atoms with Crippen LogP contribution in [-0.2, 0) is 16.4 Å². The van der Waals surface area contributed by atoms with E-state index in [1.54, 1.807) is 48.1 Å². The molecule has 1 N–H and O–H groups in total. The van der Waals surface area contributed by atoms with Crippen molar-refractivity contribution in [1.29, 1.82) is 0 Å². The molecule has 0 aliphatic heterocycles. The second-order valence-corrected chi connectivity index (χ2v) is 9.68. The van der Waals surface area contributed by atoms with Crippen molar-refractivity contribution in [2.24, 2.45) is 0 Å². The highest BCUT2D eigenvalue weighted by atomic mass is 32.2. The normalized spacial score (nSPS) is 13.0. The van der Waals surface area contributed by atoms with E-state index in [4.69, 9.17) is 0 Å². The van der Waals surface area contributed by atoms with Gasteiger partial charge in [-0.2, -0.15) is 4.31 Å². The van der Waals surface area contributed by atoms with Crippen LogP contribution in [0.25, 0.3) is 16.8 Å². The number of nitrogens with zero attached hydrogens (tertiary/aromatic N) is 3. The summed E-state index contributed by atoms with van der Waals surface area (Å²) >= 11 is 0. The van der Waals surface area contributed by atoms with Crippen molar-refractivity contribution in [3.63, 3.8) is 0 Å². The van der Waals surface area contributed by atoms with Crippen LogP contribution in [0.1, 0.15) is 18.2 Å². The van der Waals surface area contributed by atoms with Crippen LogP contribution in [-0.4, -0.2) is 40.4 Å². The van der Waals surface area contributed by atoms with Crippen LogP contribution in [0, 0.1) is 6.92 Å². The van der Waals surface area contributed by atoms with Crippen molar-refractivity contribution in [3.05, 3.63) is 88.5 Å². The van der Waals surface area contributed by atoms with E-state index >= 15 is 0 Å². The molecular formula is C23H24N4O3S. The van der Waals surface area contributed by atoms with Crippen LogP contribution >= 0.6 is 0 Å². The molecule has 4 aromatic rings. The third-order valence-corrected chi connectivity index (χ3v) is 7.44. The van der Waals surface area contributed by atoms with Crippen LogP contribution in [0.2, 0.25) is 0 Å². The first-order valence-electron chi connectivity index (χ1n) is 9.98. The molecule has 1 atom stereocenters. The Labute approximate surface area is 181 Å². The van der Waals surface area contributed by atoms with Gasteiger partial charge in [0.25, 0.3) is 5.56 Å². The first-order valence-corrected chi connectivity index (χ1v) is 11.4. The minimum Gasteiger partial charge on any atom is -0.267 e. The summed E-state index contributed by atoms with van der Waals surface area (Å²) in [7, 11) is -2.04.